The molecule has 4 aromatic rings. The highest BCUT2D eigenvalue weighted by Gasteiger charge is 2.19. The number of nitrogens with zero attached hydrogens (tertiary/aromatic N) is 3. The molecule has 0 aliphatic carbocycles. The number of benzene rings is 3. The van der Waals surface area contributed by atoms with Crippen molar-refractivity contribution in [3.63, 3.8) is 0 Å². The third-order valence-corrected chi connectivity index (χ3v) is 6.34. The van der Waals surface area contributed by atoms with E-state index in [4.69, 9.17) is 4.99 Å². The standard InChI is InChI=1S/C26H21N3OS/c1-18(19-10-4-2-5-11-19)29-25(30)24(31-26(29)28-21-12-6-3-7-13-21)16-20-17-27-23-15-9-8-14-22(20)23/h2-18,30H,1H3/b20-16-,28-26?. The fraction of sp³-hybridized carbons (Fsp3) is 0.0769. The van der Waals surface area contributed by atoms with Gasteiger partial charge in [0.1, 0.15) is 0 Å². The molecular formula is C26H21N3OS. The monoisotopic (exact) mass is 423 g/mol. The minimum atomic E-state index is -0.0726. The number of hydrogen-bond acceptors (Lipinski definition) is 4. The quantitative estimate of drug-likeness (QED) is 0.408. The molecule has 0 bridgehead atoms. The molecule has 1 aliphatic rings. The molecule has 0 saturated carbocycles. The summed E-state index contributed by atoms with van der Waals surface area (Å²) in [5.74, 6) is 0.210. The second kappa shape index (κ2) is 8.20. The van der Waals surface area contributed by atoms with Gasteiger partial charge in [-0.15, -0.1) is 0 Å². The minimum absolute atomic E-state index is 0.0726. The predicted octanol–water partition coefficient (Wildman–Crippen LogP) is 6.35. The van der Waals surface area contributed by atoms with E-state index in [-0.39, 0.29) is 11.9 Å². The van der Waals surface area contributed by atoms with Crippen LogP contribution in [0.1, 0.15) is 29.0 Å². The van der Waals surface area contributed by atoms with Crippen LogP contribution in [0.3, 0.4) is 0 Å². The van der Waals surface area contributed by atoms with Crippen molar-refractivity contribution in [3.05, 3.63) is 106 Å². The predicted molar refractivity (Wildman–Crippen MR) is 128 cm³/mol. The van der Waals surface area contributed by atoms with Gasteiger partial charge in [-0.25, -0.2) is 4.99 Å². The summed E-state index contributed by atoms with van der Waals surface area (Å²) < 4.78 is 1.90. The zero-order chi connectivity index (χ0) is 21.2. The van der Waals surface area contributed by atoms with Crippen molar-refractivity contribution < 1.29 is 5.11 Å². The lowest BCUT2D eigenvalue weighted by Gasteiger charge is -2.15. The van der Waals surface area contributed by atoms with Gasteiger partial charge in [0.15, 0.2) is 4.80 Å². The van der Waals surface area contributed by atoms with Crippen LogP contribution in [-0.4, -0.2) is 15.9 Å². The number of aromatic nitrogens is 1. The topological polar surface area (TPSA) is 49.9 Å². The maximum atomic E-state index is 11.3. The summed E-state index contributed by atoms with van der Waals surface area (Å²) in [4.78, 5) is 10.8. The fourth-order valence-corrected chi connectivity index (χ4v) is 4.78. The summed E-state index contributed by atoms with van der Waals surface area (Å²) >= 11 is 1.47. The van der Waals surface area contributed by atoms with Crippen molar-refractivity contribution in [2.24, 2.45) is 9.98 Å². The smallest absolute Gasteiger partial charge is 0.211 e. The Kier molecular flexibility index (Phi) is 5.10. The van der Waals surface area contributed by atoms with Gasteiger partial charge >= 0.3 is 0 Å². The minimum Gasteiger partial charge on any atom is -0.493 e. The lowest BCUT2D eigenvalue weighted by Crippen LogP contribution is -2.19. The lowest BCUT2D eigenvalue weighted by atomic mass is 10.1. The van der Waals surface area contributed by atoms with E-state index in [0.29, 0.717) is 0 Å². The van der Waals surface area contributed by atoms with Crippen LogP contribution in [0.15, 0.2) is 94.9 Å². The Morgan fingerprint density at radius 1 is 0.935 bits per heavy atom. The van der Waals surface area contributed by atoms with Crippen LogP contribution in [0.5, 0.6) is 5.88 Å². The van der Waals surface area contributed by atoms with E-state index < -0.39 is 0 Å². The van der Waals surface area contributed by atoms with Crippen LogP contribution < -0.4 is 4.80 Å². The van der Waals surface area contributed by atoms with Gasteiger partial charge in [-0.3, -0.25) is 9.56 Å². The number of fused-ring (bicyclic) bond motifs is 1. The maximum Gasteiger partial charge on any atom is 0.211 e. The Labute approximate surface area is 184 Å². The third kappa shape index (κ3) is 3.76. The molecule has 1 atom stereocenters. The van der Waals surface area contributed by atoms with Crippen LogP contribution in [0.4, 0.5) is 11.4 Å². The fourth-order valence-electron chi connectivity index (χ4n) is 3.71. The molecule has 0 radical (unpaired) electrons. The average Bonchev–Trinajstić information content (AvgIpc) is 3.36. The number of para-hydroxylation sites is 2. The third-order valence-electron chi connectivity index (χ3n) is 5.35. The van der Waals surface area contributed by atoms with Crippen molar-refractivity contribution in [1.82, 2.24) is 4.57 Å². The van der Waals surface area contributed by atoms with Gasteiger partial charge < -0.3 is 5.11 Å². The molecule has 152 valence electrons. The number of aromatic hydroxyl groups is 1. The van der Waals surface area contributed by atoms with Crippen LogP contribution in [-0.2, 0) is 0 Å². The van der Waals surface area contributed by atoms with Crippen molar-refractivity contribution in [2.45, 2.75) is 13.0 Å². The van der Waals surface area contributed by atoms with Gasteiger partial charge in [-0.1, -0.05) is 78.1 Å². The molecule has 4 nitrogen and oxygen atoms in total. The van der Waals surface area contributed by atoms with E-state index in [9.17, 15) is 5.11 Å². The Hall–Kier alpha value is -3.70. The van der Waals surface area contributed by atoms with Gasteiger partial charge in [0.2, 0.25) is 5.88 Å². The molecule has 31 heavy (non-hydrogen) atoms. The molecule has 0 spiro atoms. The Morgan fingerprint density at radius 2 is 1.61 bits per heavy atom. The van der Waals surface area contributed by atoms with Crippen LogP contribution in [0, 0.1) is 0 Å². The van der Waals surface area contributed by atoms with Crippen LogP contribution >= 0.6 is 11.3 Å². The van der Waals surface area contributed by atoms with E-state index in [1.807, 2.05) is 83.6 Å². The molecule has 5 rings (SSSR count). The van der Waals surface area contributed by atoms with E-state index in [1.165, 1.54) is 11.3 Å². The first-order chi connectivity index (χ1) is 15.2. The van der Waals surface area contributed by atoms with E-state index in [0.717, 1.165) is 37.8 Å². The van der Waals surface area contributed by atoms with Gasteiger partial charge in [-0.05, 0) is 36.8 Å². The molecule has 0 saturated heterocycles. The second-order valence-electron chi connectivity index (χ2n) is 7.35. The summed E-state index contributed by atoms with van der Waals surface area (Å²) in [5.41, 5.74) is 4.96. The number of aliphatic imine (C=N–C) groups is 1. The maximum absolute atomic E-state index is 11.3. The van der Waals surface area contributed by atoms with E-state index >= 15 is 0 Å². The summed E-state index contributed by atoms with van der Waals surface area (Å²) in [6.07, 6.45) is 3.84. The Bertz CT molecular complexity index is 1350. The average molecular weight is 424 g/mol. The molecule has 0 amide bonds. The number of thiazole rings is 1. The van der Waals surface area contributed by atoms with Gasteiger partial charge in [-0.2, -0.15) is 0 Å². The van der Waals surface area contributed by atoms with Crippen molar-refractivity contribution >= 4 is 40.6 Å². The molecular weight excluding hydrogens is 402 g/mol. The summed E-state index contributed by atoms with van der Waals surface area (Å²) in [7, 11) is 0. The number of allylic oxidation sites excluding steroid dienone is 1. The largest absolute Gasteiger partial charge is 0.493 e. The van der Waals surface area contributed by atoms with Crippen molar-refractivity contribution in [3.8, 4) is 5.88 Å². The first-order valence-electron chi connectivity index (χ1n) is 10.1. The van der Waals surface area contributed by atoms with Crippen molar-refractivity contribution in [1.29, 1.82) is 0 Å². The Morgan fingerprint density at radius 3 is 2.39 bits per heavy atom. The molecule has 2 heterocycles. The van der Waals surface area contributed by atoms with Gasteiger partial charge in [0.25, 0.3) is 0 Å². The first kappa shape index (κ1) is 19.3. The molecule has 1 N–H and O–H groups in total. The van der Waals surface area contributed by atoms with Crippen LogP contribution in [0.25, 0.3) is 11.6 Å². The highest BCUT2D eigenvalue weighted by Crippen LogP contribution is 2.35. The molecule has 5 heteroatoms. The Balaban J connectivity index is 1.67. The summed E-state index contributed by atoms with van der Waals surface area (Å²) in [6, 6.07) is 27.9. The number of rotatable bonds is 4. The van der Waals surface area contributed by atoms with E-state index in [1.54, 1.807) is 0 Å². The highest BCUT2D eigenvalue weighted by atomic mass is 32.1. The number of hydrogen-bond donors (Lipinski definition) is 1. The first-order valence-corrected chi connectivity index (χ1v) is 11.0. The SMILES string of the molecule is CC(c1ccccc1)n1c(O)c(/C=C2/C=Nc3ccccc32)sc1=Nc1ccccc1. The molecule has 1 aliphatic heterocycles. The van der Waals surface area contributed by atoms with Crippen molar-refractivity contribution in [2.75, 3.05) is 0 Å². The lowest BCUT2D eigenvalue weighted by molar-refractivity contribution is 0.400. The molecule has 1 unspecified atom stereocenters. The molecule has 1 aromatic heterocycles. The zero-order valence-electron chi connectivity index (χ0n) is 17.0. The second-order valence-corrected chi connectivity index (χ2v) is 8.36. The molecule has 0 fully saturated rings. The summed E-state index contributed by atoms with van der Waals surface area (Å²) in [6.45, 7) is 2.08. The highest BCUT2D eigenvalue weighted by molar-refractivity contribution is 7.10. The van der Waals surface area contributed by atoms with E-state index in [2.05, 4.69) is 30.1 Å². The zero-order valence-corrected chi connectivity index (χ0v) is 17.8. The normalized spacial score (nSPS) is 15.4. The molecule has 3 aromatic carbocycles. The summed E-state index contributed by atoms with van der Waals surface area (Å²) in [5, 5.41) is 11.3. The van der Waals surface area contributed by atoms with Gasteiger partial charge in [0.05, 0.1) is 22.3 Å². The van der Waals surface area contributed by atoms with Crippen LogP contribution in [0.2, 0.25) is 0 Å². The van der Waals surface area contributed by atoms with Gasteiger partial charge in [0, 0.05) is 17.4 Å².